The number of hydrogen-bond acceptors (Lipinski definition) is 5. The molecule has 0 amide bonds. The Kier molecular flexibility index (Phi) is 3.88. The molecule has 2 rings (SSSR count). The minimum atomic E-state index is -3.75. The summed E-state index contributed by atoms with van der Waals surface area (Å²) in [7, 11) is -3.75. The Morgan fingerprint density at radius 3 is 2.35 bits per heavy atom. The molecule has 0 saturated carbocycles. The molecule has 2 N–H and O–H groups in total. The molecular weight excluding hydrogens is 291 g/mol. The molecule has 1 fully saturated rings. The molecule has 0 atom stereocenters. The molecular formula is C10H13FN4O4S. The number of nitrogens with zero attached hydrogens (tertiary/aromatic N) is 3. The van der Waals surface area contributed by atoms with Crippen molar-refractivity contribution in [2.75, 3.05) is 31.1 Å². The average molecular weight is 304 g/mol. The molecule has 10 heteroatoms. The summed E-state index contributed by atoms with van der Waals surface area (Å²) in [5.74, 6) is -0.691. The number of hydrogen-bond donors (Lipinski definition) is 1. The van der Waals surface area contributed by atoms with Crippen LogP contribution in [0.25, 0.3) is 0 Å². The van der Waals surface area contributed by atoms with E-state index < -0.39 is 20.9 Å². The zero-order chi connectivity index (χ0) is 14.9. The highest BCUT2D eigenvalue weighted by atomic mass is 32.2. The first-order valence-corrected chi connectivity index (χ1v) is 7.26. The third-order valence-electron chi connectivity index (χ3n) is 3.07. The molecule has 1 aliphatic heterocycles. The molecule has 0 aliphatic carbocycles. The van der Waals surface area contributed by atoms with Crippen LogP contribution in [0.3, 0.4) is 0 Å². The number of piperazine rings is 1. The SMILES string of the molecule is NS(=O)(=O)N1CCN(c2ccc(F)cc2[N+](=O)[O-])CC1. The Balaban J connectivity index is 2.21. The zero-order valence-electron chi connectivity index (χ0n) is 10.4. The molecule has 1 aliphatic rings. The number of nitrogens with two attached hydrogens (primary N) is 1. The van der Waals surface area contributed by atoms with Gasteiger partial charge in [0.2, 0.25) is 0 Å². The van der Waals surface area contributed by atoms with E-state index in [4.69, 9.17) is 5.14 Å². The van der Waals surface area contributed by atoms with E-state index in [0.29, 0.717) is 0 Å². The molecule has 0 spiro atoms. The maximum absolute atomic E-state index is 13.1. The monoisotopic (exact) mass is 304 g/mol. The molecule has 0 bridgehead atoms. The van der Waals surface area contributed by atoms with Crippen molar-refractivity contribution in [1.29, 1.82) is 0 Å². The lowest BCUT2D eigenvalue weighted by Crippen LogP contribution is -2.50. The Labute approximate surface area is 114 Å². The van der Waals surface area contributed by atoms with E-state index in [9.17, 15) is 22.9 Å². The normalized spacial score (nSPS) is 17.2. The number of nitro groups is 1. The quantitative estimate of drug-likeness (QED) is 0.627. The fourth-order valence-corrected chi connectivity index (χ4v) is 2.77. The first-order valence-electron chi connectivity index (χ1n) is 5.76. The van der Waals surface area contributed by atoms with E-state index in [1.54, 1.807) is 4.90 Å². The van der Waals surface area contributed by atoms with Gasteiger partial charge in [0.1, 0.15) is 11.5 Å². The van der Waals surface area contributed by atoms with Crippen molar-refractivity contribution in [2.45, 2.75) is 0 Å². The first kappa shape index (κ1) is 14.6. The number of benzene rings is 1. The zero-order valence-corrected chi connectivity index (χ0v) is 11.2. The van der Waals surface area contributed by atoms with Crippen LogP contribution < -0.4 is 10.0 Å². The maximum atomic E-state index is 13.1. The molecule has 0 radical (unpaired) electrons. The van der Waals surface area contributed by atoms with Crippen molar-refractivity contribution < 1.29 is 17.7 Å². The number of anilines is 1. The van der Waals surface area contributed by atoms with E-state index in [-0.39, 0.29) is 37.6 Å². The predicted molar refractivity (Wildman–Crippen MR) is 69.9 cm³/mol. The lowest BCUT2D eigenvalue weighted by molar-refractivity contribution is -0.384. The van der Waals surface area contributed by atoms with Crippen LogP contribution in [-0.4, -0.2) is 43.8 Å². The lowest BCUT2D eigenvalue weighted by atomic mass is 10.2. The van der Waals surface area contributed by atoms with Gasteiger partial charge >= 0.3 is 0 Å². The van der Waals surface area contributed by atoms with Crippen molar-refractivity contribution in [1.82, 2.24) is 4.31 Å². The summed E-state index contributed by atoms with van der Waals surface area (Å²) in [6.07, 6.45) is 0. The summed E-state index contributed by atoms with van der Waals surface area (Å²) < 4.78 is 36.5. The van der Waals surface area contributed by atoms with E-state index >= 15 is 0 Å². The van der Waals surface area contributed by atoms with Gasteiger partial charge in [-0.3, -0.25) is 10.1 Å². The minimum absolute atomic E-state index is 0.132. The Bertz CT molecular complexity index is 628. The largest absolute Gasteiger partial charge is 0.363 e. The van der Waals surface area contributed by atoms with Gasteiger partial charge in [-0.1, -0.05) is 0 Å². The maximum Gasteiger partial charge on any atom is 0.295 e. The molecule has 8 nitrogen and oxygen atoms in total. The average Bonchev–Trinajstić information content (AvgIpc) is 2.37. The van der Waals surface area contributed by atoms with Crippen LogP contribution in [-0.2, 0) is 10.2 Å². The molecule has 1 aromatic rings. The van der Waals surface area contributed by atoms with E-state index in [2.05, 4.69) is 0 Å². The summed E-state index contributed by atoms with van der Waals surface area (Å²) in [5.41, 5.74) is -0.0699. The molecule has 1 heterocycles. The first-order chi connectivity index (χ1) is 9.29. The summed E-state index contributed by atoms with van der Waals surface area (Å²) in [5, 5.41) is 15.9. The number of rotatable bonds is 3. The van der Waals surface area contributed by atoms with Crippen LogP contribution in [0.2, 0.25) is 0 Å². The summed E-state index contributed by atoms with van der Waals surface area (Å²) in [6, 6.07) is 3.30. The van der Waals surface area contributed by atoms with Gasteiger partial charge in [-0.05, 0) is 12.1 Å². The second kappa shape index (κ2) is 5.31. The molecule has 20 heavy (non-hydrogen) atoms. The fraction of sp³-hybridized carbons (Fsp3) is 0.400. The standard InChI is InChI=1S/C10H13FN4O4S/c11-8-1-2-9(10(7-8)15(16)17)13-3-5-14(6-4-13)20(12,18)19/h1-2,7H,3-6H2,(H2,12,18,19). The minimum Gasteiger partial charge on any atom is -0.363 e. The molecule has 1 aromatic carbocycles. The summed E-state index contributed by atoms with van der Waals surface area (Å²) in [6.45, 7) is 0.770. The smallest absolute Gasteiger partial charge is 0.295 e. The summed E-state index contributed by atoms with van der Waals surface area (Å²) >= 11 is 0. The lowest BCUT2D eigenvalue weighted by Gasteiger charge is -2.34. The third-order valence-corrected chi connectivity index (χ3v) is 4.16. The van der Waals surface area contributed by atoms with Gasteiger partial charge in [0.15, 0.2) is 0 Å². The number of halogens is 1. The molecule has 1 saturated heterocycles. The van der Waals surface area contributed by atoms with E-state index in [0.717, 1.165) is 16.4 Å². The van der Waals surface area contributed by atoms with Gasteiger partial charge in [-0.25, -0.2) is 9.53 Å². The van der Waals surface area contributed by atoms with Crippen molar-refractivity contribution in [3.63, 3.8) is 0 Å². The topological polar surface area (TPSA) is 110 Å². The summed E-state index contributed by atoms with van der Waals surface area (Å²) in [4.78, 5) is 11.9. The van der Waals surface area contributed by atoms with Crippen molar-refractivity contribution >= 4 is 21.6 Å². The van der Waals surface area contributed by atoms with Crippen LogP contribution in [0.5, 0.6) is 0 Å². The molecule has 0 unspecified atom stereocenters. The van der Waals surface area contributed by atoms with Crippen molar-refractivity contribution in [3.05, 3.63) is 34.1 Å². The Hall–Kier alpha value is -1.78. The van der Waals surface area contributed by atoms with Gasteiger partial charge in [0, 0.05) is 26.2 Å². The number of nitro benzene ring substituents is 1. The van der Waals surface area contributed by atoms with Crippen LogP contribution in [0.1, 0.15) is 0 Å². The molecule has 0 aromatic heterocycles. The van der Waals surface area contributed by atoms with Gasteiger partial charge in [-0.2, -0.15) is 12.7 Å². The van der Waals surface area contributed by atoms with Crippen LogP contribution in [0.15, 0.2) is 18.2 Å². The Morgan fingerprint density at radius 2 is 1.85 bits per heavy atom. The second-order valence-corrected chi connectivity index (χ2v) is 5.87. The third kappa shape index (κ3) is 3.03. The highest BCUT2D eigenvalue weighted by Crippen LogP contribution is 2.29. The second-order valence-electron chi connectivity index (χ2n) is 4.32. The van der Waals surface area contributed by atoms with Crippen LogP contribution >= 0.6 is 0 Å². The predicted octanol–water partition coefficient (Wildman–Crippen LogP) is 0.0594. The van der Waals surface area contributed by atoms with E-state index in [1.807, 2.05) is 0 Å². The van der Waals surface area contributed by atoms with E-state index in [1.165, 1.54) is 6.07 Å². The molecule has 110 valence electrons. The van der Waals surface area contributed by atoms with Crippen LogP contribution in [0, 0.1) is 15.9 Å². The van der Waals surface area contributed by atoms with Crippen molar-refractivity contribution in [2.24, 2.45) is 5.14 Å². The van der Waals surface area contributed by atoms with Gasteiger partial charge < -0.3 is 4.90 Å². The van der Waals surface area contributed by atoms with Crippen LogP contribution in [0.4, 0.5) is 15.8 Å². The fourth-order valence-electron chi connectivity index (χ4n) is 2.09. The highest BCUT2D eigenvalue weighted by Gasteiger charge is 2.27. The van der Waals surface area contributed by atoms with Gasteiger partial charge in [0.25, 0.3) is 15.9 Å². The van der Waals surface area contributed by atoms with Gasteiger partial charge in [-0.15, -0.1) is 0 Å². The Morgan fingerprint density at radius 1 is 1.25 bits per heavy atom. The van der Waals surface area contributed by atoms with Crippen molar-refractivity contribution in [3.8, 4) is 0 Å². The van der Waals surface area contributed by atoms with Gasteiger partial charge in [0.05, 0.1) is 11.0 Å². The highest BCUT2D eigenvalue weighted by molar-refractivity contribution is 7.86.